The molecular formula is C13H22ClN3O. The van der Waals surface area contributed by atoms with Crippen molar-refractivity contribution in [1.29, 1.82) is 0 Å². The van der Waals surface area contributed by atoms with Gasteiger partial charge in [-0.3, -0.25) is 9.48 Å². The lowest BCUT2D eigenvalue weighted by Crippen LogP contribution is -2.14. The van der Waals surface area contributed by atoms with Gasteiger partial charge in [0, 0.05) is 19.4 Å². The van der Waals surface area contributed by atoms with Crippen LogP contribution in [0.1, 0.15) is 38.1 Å². The van der Waals surface area contributed by atoms with Crippen LogP contribution in [0.25, 0.3) is 0 Å². The van der Waals surface area contributed by atoms with E-state index in [1.807, 2.05) is 18.5 Å². The Morgan fingerprint density at radius 1 is 1.56 bits per heavy atom. The molecule has 0 amide bonds. The van der Waals surface area contributed by atoms with Crippen molar-refractivity contribution in [3.8, 4) is 0 Å². The summed E-state index contributed by atoms with van der Waals surface area (Å²) >= 11 is 6.17. The summed E-state index contributed by atoms with van der Waals surface area (Å²) in [5.41, 5.74) is 7.16. The van der Waals surface area contributed by atoms with Crippen molar-refractivity contribution < 1.29 is 4.79 Å². The molecule has 0 radical (unpaired) electrons. The maximum absolute atomic E-state index is 11.9. The number of nitrogens with two attached hydrogens (primary N) is 1. The first-order valence-electron chi connectivity index (χ1n) is 6.43. The molecule has 4 nitrogen and oxygen atoms in total. The third kappa shape index (κ3) is 3.82. The highest BCUT2D eigenvalue weighted by atomic mass is 35.5. The highest BCUT2D eigenvalue weighted by Crippen LogP contribution is 2.21. The van der Waals surface area contributed by atoms with Gasteiger partial charge < -0.3 is 5.73 Å². The van der Waals surface area contributed by atoms with Crippen molar-refractivity contribution in [1.82, 2.24) is 9.78 Å². The Balaban J connectivity index is 2.64. The third-order valence-electron chi connectivity index (χ3n) is 3.14. The maximum Gasteiger partial charge on any atom is 0.138 e. The third-order valence-corrected chi connectivity index (χ3v) is 3.63. The molecule has 102 valence electrons. The molecule has 0 bridgehead atoms. The summed E-state index contributed by atoms with van der Waals surface area (Å²) in [5.74, 6) is 0.592. The van der Waals surface area contributed by atoms with Gasteiger partial charge in [-0.2, -0.15) is 5.10 Å². The molecule has 0 aliphatic rings. The van der Waals surface area contributed by atoms with Gasteiger partial charge in [-0.15, -0.1) is 0 Å². The standard InChI is InChI=1S/C13H22ClN3O/c1-4-17-12(13(14)10(3)16-17)7-11(18)6-5-9(2)8-15/h9H,4-8,15H2,1-3H3. The summed E-state index contributed by atoms with van der Waals surface area (Å²) < 4.78 is 1.81. The van der Waals surface area contributed by atoms with Gasteiger partial charge in [-0.25, -0.2) is 0 Å². The lowest BCUT2D eigenvalue weighted by molar-refractivity contribution is -0.118. The van der Waals surface area contributed by atoms with Gasteiger partial charge in [0.15, 0.2) is 0 Å². The first-order chi connectivity index (χ1) is 8.49. The van der Waals surface area contributed by atoms with E-state index in [-0.39, 0.29) is 5.78 Å². The van der Waals surface area contributed by atoms with E-state index in [1.165, 1.54) is 0 Å². The molecule has 1 aromatic heterocycles. The van der Waals surface area contributed by atoms with Gasteiger partial charge in [0.2, 0.25) is 0 Å². The maximum atomic E-state index is 11.9. The van der Waals surface area contributed by atoms with E-state index in [2.05, 4.69) is 12.0 Å². The predicted octanol–water partition coefficient (Wildman–Crippen LogP) is 2.35. The summed E-state index contributed by atoms with van der Waals surface area (Å²) in [7, 11) is 0. The Morgan fingerprint density at radius 2 is 2.22 bits per heavy atom. The summed E-state index contributed by atoms with van der Waals surface area (Å²) in [6, 6.07) is 0. The molecule has 1 aromatic rings. The Labute approximate surface area is 113 Å². The number of halogens is 1. The predicted molar refractivity (Wildman–Crippen MR) is 73.8 cm³/mol. The number of carbonyl (C=O) groups is 1. The van der Waals surface area contributed by atoms with Gasteiger partial charge >= 0.3 is 0 Å². The Bertz CT molecular complexity index is 415. The lowest BCUT2D eigenvalue weighted by atomic mass is 10.0. The zero-order valence-corrected chi connectivity index (χ0v) is 12.1. The van der Waals surface area contributed by atoms with Crippen molar-refractivity contribution in [3.63, 3.8) is 0 Å². The minimum absolute atomic E-state index is 0.201. The van der Waals surface area contributed by atoms with E-state index in [9.17, 15) is 4.79 Å². The first-order valence-corrected chi connectivity index (χ1v) is 6.80. The van der Waals surface area contributed by atoms with Crippen LogP contribution in [0, 0.1) is 12.8 Å². The number of Topliss-reactive ketones (excluding diaryl/α,β-unsaturated/α-hetero) is 1. The number of nitrogens with zero attached hydrogens (tertiary/aromatic N) is 2. The van der Waals surface area contributed by atoms with E-state index in [0.29, 0.717) is 30.3 Å². The second-order valence-electron chi connectivity index (χ2n) is 4.76. The molecule has 0 spiro atoms. The number of hydrogen-bond acceptors (Lipinski definition) is 3. The van der Waals surface area contributed by atoms with Crippen molar-refractivity contribution in [2.75, 3.05) is 6.54 Å². The van der Waals surface area contributed by atoms with Crippen LogP contribution in [0.15, 0.2) is 0 Å². The Kier molecular flexibility index (Phi) is 5.82. The highest BCUT2D eigenvalue weighted by Gasteiger charge is 2.16. The van der Waals surface area contributed by atoms with Crippen molar-refractivity contribution >= 4 is 17.4 Å². The molecule has 1 unspecified atom stereocenters. The molecule has 2 N–H and O–H groups in total. The molecule has 0 fully saturated rings. The van der Waals surface area contributed by atoms with Crippen LogP contribution in [0.3, 0.4) is 0 Å². The smallest absolute Gasteiger partial charge is 0.138 e. The molecule has 1 atom stereocenters. The number of carbonyl (C=O) groups excluding carboxylic acids is 1. The molecule has 0 aliphatic carbocycles. The average molecular weight is 272 g/mol. The number of ketones is 1. The van der Waals surface area contributed by atoms with E-state index in [0.717, 1.165) is 24.4 Å². The fourth-order valence-corrected chi connectivity index (χ4v) is 2.04. The van der Waals surface area contributed by atoms with Crippen LogP contribution in [-0.2, 0) is 17.8 Å². The topological polar surface area (TPSA) is 60.9 Å². The Morgan fingerprint density at radius 3 is 2.78 bits per heavy atom. The van der Waals surface area contributed by atoms with Gasteiger partial charge in [0.05, 0.1) is 16.4 Å². The quantitative estimate of drug-likeness (QED) is 0.828. The molecule has 0 saturated heterocycles. The summed E-state index contributed by atoms with van der Waals surface area (Å²) in [5, 5.41) is 4.93. The van der Waals surface area contributed by atoms with Crippen LogP contribution >= 0.6 is 11.6 Å². The van der Waals surface area contributed by atoms with Gasteiger partial charge in [0.25, 0.3) is 0 Å². The van der Waals surface area contributed by atoms with Crippen molar-refractivity contribution in [2.45, 2.75) is 46.6 Å². The van der Waals surface area contributed by atoms with E-state index < -0.39 is 0 Å². The molecule has 0 aromatic carbocycles. The lowest BCUT2D eigenvalue weighted by Gasteiger charge is -2.08. The van der Waals surface area contributed by atoms with Crippen LogP contribution < -0.4 is 5.73 Å². The molecule has 18 heavy (non-hydrogen) atoms. The van der Waals surface area contributed by atoms with Gasteiger partial charge in [-0.1, -0.05) is 18.5 Å². The minimum Gasteiger partial charge on any atom is -0.330 e. The van der Waals surface area contributed by atoms with Gasteiger partial charge in [0.1, 0.15) is 5.78 Å². The molecule has 1 heterocycles. The second kappa shape index (κ2) is 6.90. The van der Waals surface area contributed by atoms with E-state index >= 15 is 0 Å². The highest BCUT2D eigenvalue weighted by molar-refractivity contribution is 6.32. The summed E-state index contributed by atoms with van der Waals surface area (Å²) in [6.45, 7) is 7.27. The summed E-state index contributed by atoms with van der Waals surface area (Å²) in [6.07, 6.45) is 1.76. The average Bonchev–Trinajstić information content (AvgIpc) is 2.63. The van der Waals surface area contributed by atoms with Gasteiger partial charge in [-0.05, 0) is 32.7 Å². The SMILES string of the molecule is CCn1nc(C)c(Cl)c1CC(=O)CCC(C)CN. The minimum atomic E-state index is 0.201. The van der Waals surface area contributed by atoms with Crippen LogP contribution in [0.2, 0.25) is 5.02 Å². The molecule has 5 heteroatoms. The zero-order valence-electron chi connectivity index (χ0n) is 11.4. The van der Waals surface area contributed by atoms with E-state index in [4.69, 9.17) is 17.3 Å². The molecule has 0 saturated carbocycles. The number of aryl methyl sites for hydroxylation is 2. The van der Waals surface area contributed by atoms with E-state index in [1.54, 1.807) is 0 Å². The number of hydrogen-bond donors (Lipinski definition) is 1. The van der Waals surface area contributed by atoms with Crippen molar-refractivity contribution in [3.05, 3.63) is 16.4 Å². The van der Waals surface area contributed by atoms with Crippen LogP contribution in [-0.4, -0.2) is 22.1 Å². The van der Waals surface area contributed by atoms with Crippen LogP contribution in [0.5, 0.6) is 0 Å². The Hall–Kier alpha value is -0.870. The first kappa shape index (κ1) is 15.2. The van der Waals surface area contributed by atoms with Crippen LogP contribution in [0.4, 0.5) is 0 Å². The second-order valence-corrected chi connectivity index (χ2v) is 5.13. The normalized spacial score (nSPS) is 12.7. The molecular weight excluding hydrogens is 250 g/mol. The monoisotopic (exact) mass is 271 g/mol. The number of aromatic nitrogens is 2. The molecule has 0 aliphatic heterocycles. The fraction of sp³-hybridized carbons (Fsp3) is 0.692. The van der Waals surface area contributed by atoms with Crippen molar-refractivity contribution in [2.24, 2.45) is 11.7 Å². The largest absolute Gasteiger partial charge is 0.330 e. The number of rotatable bonds is 7. The zero-order chi connectivity index (χ0) is 13.7. The molecule has 1 rings (SSSR count). The fourth-order valence-electron chi connectivity index (χ4n) is 1.84. The summed E-state index contributed by atoms with van der Waals surface area (Å²) in [4.78, 5) is 11.9.